The number of likely N-dealkylation sites (tertiary alicyclic amines) is 1. The number of nitrogens with zero attached hydrogens (tertiary/aromatic N) is 3. The van der Waals surface area contributed by atoms with E-state index in [-0.39, 0.29) is 17.2 Å². The van der Waals surface area contributed by atoms with E-state index >= 15 is 0 Å². The first kappa shape index (κ1) is 18.8. The Morgan fingerprint density at radius 1 is 1.31 bits per heavy atom. The maximum absolute atomic E-state index is 12.4. The minimum Gasteiger partial charge on any atom is -0.351 e. The number of amides is 1. The van der Waals surface area contributed by atoms with Gasteiger partial charge < -0.3 is 10.2 Å². The van der Waals surface area contributed by atoms with Gasteiger partial charge in [-0.1, -0.05) is 6.92 Å². The zero-order valence-corrected chi connectivity index (χ0v) is 16.4. The van der Waals surface area contributed by atoms with Crippen LogP contribution in [-0.4, -0.2) is 46.1 Å². The largest absolute Gasteiger partial charge is 0.351 e. The van der Waals surface area contributed by atoms with Crippen LogP contribution in [0.4, 0.5) is 0 Å². The van der Waals surface area contributed by atoms with Crippen LogP contribution in [0.25, 0.3) is 10.2 Å². The van der Waals surface area contributed by atoms with Gasteiger partial charge in [0, 0.05) is 27.2 Å². The Morgan fingerprint density at radius 2 is 2.08 bits per heavy atom. The van der Waals surface area contributed by atoms with Crippen molar-refractivity contribution in [2.24, 2.45) is 20.0 Å². The number of aromatic nitrogens is 2. The Hall–Kier alpha value is -1.93. The van der Waals surface area contributed by atoms with E-state index in [1.165, 1.54) is 35.8 Å². The number of rotatable bonds is 5. The summed E-state index contributed by atoms with van der Waals surface area (Å²) in [6, 6.07) is 1.59. The molecule has 0 spiro atoms. The Bertz CT molecular complexity index is 927. The smallest absolute Gasteiger partial charge is 0.331 e. The molecule has 26 heavy (non-hydrogen) atoms. The molecule has 1 fully saturated rings. The number of hydrogen-bond acceptors (Lipinski definition) is 5. The number of aryl methyl sites for hydroxylation is 1. The molecule has 2 aromatic rings. The highest BCUT2D eigenvalue weighted by Gasteiger charge is 2.17. The van der Waals surface area contributed by atoms with Gasteiger partial charge in [-0.3, -0.25) is 18.7 Å². The van der Waals surface area contributed by atoms with E-state index in [0.717, 1.165) is 36.5 Å². The lowest BCUT2D eigenvalue weighted by atomic mass is 10.0. The molecule has 1 N–H and O–H groups in total. The van der Waals surface area contributed by atoms with E-state index in [1.807, 2.05) is 0 Å². The highest BCUT2D eigenvalue weighted by atomic mass is 32.1. The minimum atomic E-state index is -0.382. The highest BCUT2D eigenvalue weighted by molar-refractivity contribution is 7.20. The number of hydrogen-bond donors (Lipinski definition) is 1. The van der Waals surface area contributed by atoms with Gasteiger partial charge in [0.15, 0.2) is 0 Å². The standard InChI is InChI=1S/C18H26N4O3S/c1-12-6-4-8-22(11-12)9-5-7-19-15(23)14-10-13-16(24)20(2)18(25)21(3)17(13)26-14/h10,12H,4-9,11H2,1-3H3,(H,19,23)/t12-/m0/s1. The van der Waals surface area contributed by atoms with E-state index in [0.29, 0.717) is 21.6 Å². The van der Waals surface area contributed by atoms with Gasteiger partial charge in [0.25, 0.3) is 11.5 Å². The molecule has 3 rings (SSSR count). The van der Waals surface area contributed by atoms with Crippen LogP contribution in [0.2, 0.25) is 0 Å². The monoisotopic (exact) mass is 378 g/mol. The van der Waals surface area contributed by atoms with Gasteiger partial charge in [-0.25, -0.2) is 4.79 Å². The highest BCUT2D eigenvalue weighted by Crippen LogP contribution is 2.21. The fourth-order valence-electron chi connectivity index (χ4n) is 3.56. The van der Waals surface area contributed by atoms with E-state index in [2.05, 4.69) is 17.1 Å². The molecule has 0 saturated carbocycles. The predicted octanol–water partition coefficient (Wildman–Crippen LogP) is 1.15. The molecule has 1 saturated heterocycles. The summed E-state index contributed by atoms with van der Waals surface area (Å²) >= 11 is 1.18. The van der Waals surface area contributed by atoms with Crippen molar-refractivity contribution in [2.45, 2.75) is 26.2 Å². The quantitative estimate of drug-likeness (QED) is 0.792. The molecule has 0 aromatic carbocycles. The van der Waals surface area contributed by atoms with Crippen LogP contribution in [-0.2, 0) is 14.1 Å². The van der Waals surface area contributed by atoms with Crippen LogP contribution in [0.15, 0.2) is 15.7 Å². The Kier molecular flexibility index (Phi) is 5.62. The lowest BCUT2D eigenvalue weighted by molar-refractivity contribution is 0.0954. The van der Waals surface area contributed by atoms with E-state index in [4.69, 9.17) is 0 Å². The molecule has 142 valence electrons. The van der Waals surface area contributed by atoms with Crippen molar-refractivity contribution in [3.05, 3.63) is 31.8 Å². The van der Waals surface area contributed by atoms with Gasteiger partial charge in [0.2, 0.25) is 0 Å². The Labute approximate surface area is 156 Å². The van der Waals surface area contributed by atoms with Crippen LogP contribution in [0.1, 0.15) is 35.9 Å². The first-order valence-electron chi connectivity index (χ1n) is 9.08. The summed E-state index contributed by atoms with van der Waals surface area (Å²) in [7, 11) is 3.06. The number of carbonyl (C=O) groups excluding carboxylic acids is 1. The third-order valence-electron chi connectivity index (χ3n) is 5.03. The second-order valence-electron chi connectivity index (χ2n) is 7.19. The van der Waals surface area contributed by atoms with Crippen molar-refractivity contribution in [3.8, 4) is 0 Å². The summed E-state index contributed by atoms with van der Waals surface area (Å²) in [5.74, 6) is 0.568. The molecule has 8 heteroatoms. The molecule has 0 aliphatic carbocycles. The molecule has 1 atom stereocenters. The van der Waals surface area contributed by atoms with Gasteiger partial charge in [-0.15, -0.1) is 11.3 Å². The van der Waals surface area contributed by atoms with E-state index in [9.17, 15) is 14.4 Å². The van der Waals surface area contributed by atoms with E-state index < -0.39 is 0 Å². The van der Waals surface area contributed by atoms with Crippen molar-refractivity contribution < 1.29 is 4.79 Å². The topological polar surface area (TPSA) is 76.3 Å². The molecule has 3 heterocycles. The number of nitrogens with one attached hydrogen (secondary N) is 1. The lowest BCUT2D eigenvalue weighted by Gasteiger charge is -2.30. The van der Waals surface area contributed by atoms with Gasteiger partial charge in [0.1, 0.15) is 4.83 Å². The van der Waals surface area contributed by atoms with Crippen molar-refractivity contribution in [2.75, 3.05) is 26.2 Å². The fraction of sp³-hybridized carbons (Fsp3) is 0.611. The SMILES string of the molecule is C[C@H]1CCCN(CCCNC(=O)c2cc3c(=O)n(C)c(=O)n(C)c3s2)C1. The number of thiophene rings is 1. The molecule has 2 aromatic heterocycles. The van der Waals surface area contributed by atoms with Gasteiger partial charge >= 0.3 is 5.69 Å². The number of carbonyl (C=O) groups is 1. The van der Waals surface area contributed by atoms with Crippen molar-refractivity contribution in [1.29, 1.82) is 0 Å². The van der Waals surface area contributed by atoms with Gasteiger partial charge in [-0.05, 0) is 44.3 Å². The van der Waals surface area contributed by atoms with Crippen LogP contribution >= 0.6 is 11.3 Å². The van der Waals surface area contributed by atoms with Gasteiger partial charge in [0.05, 0.1) is 10.3 Å². The average Bonchev–Trinajstić information content (AvgIpc) is 3.07. The molecule has 1 amide bonds. The second-order valence-corrected chi connectivity index (χ2v) is 8.22. The summed E-state index contributed by atoms with van der Waals surface area (Å²) in [4.78, 5) is 40.1. The maximum Gasteiger partial charge on any atom is 0.331 e. The first-order valence-corrected chi connectivity index (χ1v) is 9.90. The summed E-state index contributed by atoms with van der Waals surface area (Å²) in [6.45, 7) is 6.17. The van der Waals surface area contributed by atoms with Crippen LogP contribution in [0.3, 0.4) is 0 Å². The molecular weight excluding hydrogens is 352 g/mol. The average molecular weight is 378 g/mol. The summed E-state index contributed by atoms with van der Waals surface area (Å²) in [5.41, 5.74) is -0.746. The predicted molar refractivity (Wildman–Crippen MR) is 104 cm³/mol. The third kappa shape index (κ3) is 3.76. The van der Waals surface area contributed by atoms with Crippen molar-refractivity contribution >= 4 is 27.5 Å². The summed E-state index contributed by atoms with van der Waals surface area (Å²) in [5, 5.41) is 3.34. The molecular formula is C18H26N4O3S. The number of fused-ring (bicyclic) bond motifs is 1. The van der Waals surface area contributed by atoms with Crippen molar-refractivity contribution in [1.82, 2.24) is 19.4 Å². The van der Waals surface area contributed by atoms with Crippen molar-refractivity contribution in [3.63, 3.8) is 0 Å². The zero-order valence-electron chi connectivity index (χ0n) is 15.6. The van der Waals surface area contributed by atoms with E-state index in [1.54, 1.807) is 13.1 Å². The normalized spacial score (nSPS) is 18.3. The third-order valence-corrected chi connectivity index (χ3v) is 6.24. The molecule has 0 bridgehead atoms. The fourth-order valence-corrected chi connectivity index (χ4v) is 4.58. The molecule has 0 radical (unpaired) electrons. The van der Waals surface area contributed by atoms with Crippen LogP contribution in [0, 0.1) is 5.92 Å². The Morgan fingerprint density at radius 3 is 2.81 bits per heavy atom. The molecule has 1 aliphatic rings. The summed E-state index contributed by atoms with van der Waals surface area (Å²) < 4.78 is 2.48. The lowest BCUT2D eigenvalue weighted by Crippen LogP contribution is -2.36. The Balaban J connectivity index is 1.62. The molecule has 1 aliphatic heterocycles. The second kappa shape index (κ2) is 7.75. The molecule has 0 unspecified atom stereocenters. The molecule has 7 nitrogen and oxygen atoms in total. The minimum absolute atomic E-state index is 0.187. The van der Waals surface area contributed by atoms with Crippen LogP contribution < -0.4 is 16.6 Å². The first-order chi connectivity index (χ1) is 12.4. The van der Waals surface area contributed by atoms with Gasteiger partial charge in [-0.2, -0.15) is 0 Å². The maximum atomic E-state index is 12.4. The van der Waals surface area contributed by atoms with Crippen LogP contribution in [0.5, 0.6) is 0 Å². The zero-order chi connectivity index (χ0) is 18.8. The number of piperidine rings is 1. The summed E-state index contributed by atoms with van der Waals surface area (Å²) in [6.07, 6.45) is 3.47.